The molecule has 5 heteroatoms. The molecule has 3 nitrogen and oxygen atoms in total. The molecule has 0 aromatic carbocycles. The number of hydrogen-bond donors (Lipinski definition) is 2. The van der Waals surface area contributed by atoms with Gasteiger partial charge in [0.15, 0.2) is 0 Å². The zero-order valence-electron chi connectivity index (χ0n) is 11.4. The van der Waals surface area contributed by atoms with Crippen molar-refractivity contribution in [2.45, 2.75) is 52.0 Å². The summed E-state index contributed by atoms with van der Waals surface area (Å²) in [5.74, 6) is 7.59. The first-order valence-corrected chi connectivity index (χ1v) is 6.86. The largest absolute Gasteiger partial charge is 0.375 e. The molecular weight excluding hydrogens is 238 g/mol. The van der Waals surface area contributed by atoms with E-state index < -0.39 is 13.0 Å². The Bertz CT molecular complexity index is 229. The third kappa shape index (κ3) is 5.16. The summed E-state index contributed by atoms with van der Waals surface area (Å²) in [6, 6.07) is 0.178. The second kappa shape index (κ2) is 8.02. The van der Waals surface area contributed by atoms with Crippen molar-refractivity contribution in [2.75, 3.05) is 13.2 Å². The molecule has 1 aliphatic carbocycles. The van der Waals surface area contributed by atoms with Crippen molar-refractivity contribution < 1.29 is 13.5 Å². The molecule has 0 aromatic rings. The molecule has 0 radical (unpaired) electrons. The Labute approximate surface area is 108 Å². The fourth-order valence-electron chi connectivity index (χ4n) is 2.79. The number of ether oxygens (including phenoxy) is 1. The Kier molecular flexibility index (Phi) is 7.04. The number of nitrogens with two attached hydrogens (primary N) is 1. The Morgan fingerprint density at radius 2 is 2.00 bits per heavy atom. The van der Waals surface area contributed by atoms with Crippen molar-refractivity contribution >= 4 is 0 Å². The van der Waals surface area contributed by atoms with Crippen LogP contribution in [0.5, 0.6) is 0 Å². The lowest BCUT2D eigenvalue weighted by Crippen LogP contribution is -2.44. The summed E-state index contributed by atoms with van der Waals surface area (Å²) in [6.45, 7) is 4.43. The second-order valence-electron chi connectivity index (χ2n) is 5.56. The van der Waals surface area contributed by atoms with Crippen LogP contribution in [0.2, 0.25) is 0 Å². The first-order chi connectivity index (χ1) is 8.54. The van der Waals surface area contributed by atoms with E-state index >= 15 is 0 Å². The van der Waals surface area contributed by atoms with Gasteiger partial charge in [-0.25, -0.2) is 8.78 Å². The van der Waals surface area contributed by atoms with Gasteiger partial charge in [0, 0.05) is 12.6 Å². The molecule has 1 fully saturated rings. The van der Waals surface area contributed by atoms with Gasteiger partial charge in [-0.1, -0.05) is 20.3 Å². The third-order valence-electron chi connectivity index (χ3n) is 4.24. The van der Waals surface area contributed by atoms with Crippen LogP contribution in [0.15, 0.2) is 0 Å². The van der Waals surface area contributed by atoms with E-state index in [4.69, 9.17) is 10.6 Å². The Morgan fingerprint density at radius 3 is 2.56 bits per heavy atom. The average Bonchev–Trinajstić information content (AvgIpc) is 2.33. The highest BCUT2D eigenvalue weighted by Gasteiger charge is 2.29. The maximum atomic E-state index is 11.9. The highest BCUT2D eigenvalue weighted by atomic mass is 19.3. The summed E-state index contributed by atoms with van der Waals surface area (Å²) in [5, 5.41) is 0. The Balaban J connectivity index is 2.27. The molecule has 1 saturated carbocycles. The molecule has 3 N–H and O–H groups in total. The molecule has 108 valence electrons. The fraction of sp³-hybridized carbons (Fsp3) is 1.00. The van der Waals surface area contributed by atoms with E-state index in [1.165, 1.54) is 6.42 Å². The van der Waals surface area contributed by atoms with E-state index in [-0.39, 0.29) is 6.04 Å². The lowest BCUT2D eigenvalue weighted by molar-refractivity contribution is 0.0111. The first kappa shape index (κ1) is 15.8. The van der Waals surface area contributed by atoms with Gasteiger partial charge in [0.1, 0.15) is 6.61 Å². The van der Waals surface area contributed by atoms with Gasteiger partial charge in [-0.05, 0) is 37.0 Å². The zero-order valence-corrected chi connectivity index (χ0v) is 11.4. The monoisotopic (exact) mass is 264 g/mol. The number of rotatable bonds is 7. The highest BCUT2D eigenvalue weighted by Crippen LogP contribution is 2.35. The maximum absolute atomic E-state index is 11.9. The van der Waals surface area contributed by atoms with Gasteiger partial charge in [0.05, 0.1) is 0 Å². The second-order valence-corrected chi connectivity index (χ2v) is 5.56. The van der Waals surface area contributed by atoms with Gasteiger partial charge in [0.2, 0.25) is 0 Å². The van der Waals surface area contributed by atoms with Crippen LogP contribution in [0.1, 0.15) is 39.5 Å². The molecule has 0 saturated heterocycles. The van der Waals surface area contributed by atoms with Crippen LogP contribution in [-0.4, -0.2) is 25.7 Å². The van der Waals surface area contributed by atoms with E-state index in [1.54, 1.807) is 0 Å². The molecule has 0 aromatic heterocycles. The van der Waals surface area contributed by atoms with Gasteiger partial charge in [0.25, 0.3) is 6.43 Å². The maximum Gasteiger partial charge on any atom is 0.261 e. The molecule has 0 aliphatic heterocycles. The van der Waals surface area contributed by atoms with E-state index in [9.17, 15) is 8.78 Å². The number of nitrogens with one attached hydrogen (secondary N) is 1. The predicted octanol–water partition coefficient (Wildman–Crippen LogP) is 2.56. The van der Waals surface area contributed by atoms with Crippen molar-refractivity contribution in [3.8, 4) is 0 Å². The van der Waals surface area contributed by atoms with Crippen molar-refractivity contribution in [1.82, 2.24) is 5.43 Å². The minimum atomic E-state index is -2.38. The van der Waals surface area contributed by atoms with Gasteiger partial charge in [-0.2, -0.15) is 0 Å². The van der Waals surface area contributed by atoms with Crippen LogP contribution in [0.25, 0.3) is 0 Å². The Morgan fingerprint density at radius 1 is 1.28 bits per heavy atom. The van der Waals surface area contributed by atoms with Crippen LogP contribution in [0, 0.1) is 17.8 Å². The summed E-state index contributed by atoms with van der Waals surface area (Å²) in [7, 11) is 0. The van der Waals surface area contributed by atoms with Crippen LogP contribution in [0.4, 0.5) is 8.78 Å². The number of alkyl halides is 2. The number of halogens is 2. The minimum absolute atomic E-state index is 0.178. The number of hydrazine groups is 1. The first-order valence-electron chi connectivity index (χ1n) is 6.86. The van der Waals surface area contributed by atoms with Gasteiger partial charge < -0.3 is 4.74 Å². The average molecular weight is 264 g/mol. The van der Waals surface area contributed by atoms with Crippen molar-refractivity contribution in [2.24, 2.45) is 23.6 Å². The molecule has 4 unspecified atom stereocenters. The molecule has 0 spiro atoms. The van der Waals surface area contributed by atoms with E-state index in [2.05, 4.69) is 19.3 Å². The molecular formula is C13H26F2N2O. The topological polar surface area (TPSA) is 47.3 Å². The smallest absolute Gasteiger partial charge is 0.261 e. The fourth-order valence-corrected chi connectivity index (χ4v) is 2.79. The van der Waals surface area contributed by atoms with Crippen LogP contribution in [-0.2, 0) is 4.74 Å². The summed E-state index contributed by atoms with van der Waals surface area (Å²) in [6.07, 6.45) is 1.86. The lowest BCUT2D eigenvalue weighted by Gasteiger charge is -2.36. The molecule has 0 amide bonds. The van der Waals surface area contributed by atoms with Crippen LogP contribution < -0.4 is 11.3 Å². The van der Waals surface area contributed by atoms with E-state index in [0.717, 1.165) is 18.8 Å². The summed E-state index contributed by atoms with van der Waals surface area (Å²) in [5.41, 5.74) is 2.83. The molecule has 0 heterocycles. The Hall–Kier alpha value is -0.260. The predicted molar refractivity (Wildman–Crippen MR) is 68.2 cm³/mol. The molecule has 1 aliphatic rings. The standard InChI is InChI=1S/C13H26F2N2O/c1-9-3-4-11(7-10(9)2)12(17-16)5-6-18-8-13(14)15/h9-13,17H,3-8,16H2,1-2H3. The SMILES string of the molecule is CC1CCC(C(CCOCC(F)F)NN)CC1C. The third-order valence-corrected chi connectivity index (χ3v) is 4.24. The quantitative estimate of drug-likeness (QED) is 0.422. The number of hydrogen-bond acceptors (Lipinski definition) is 3. The molecule has 0 bridgehead atoms. The van der Waals surface area contributed by atoms with Crippen molar-refractivity contribution in [3.63, 3.8) is 0 Å². The van der Waals surface area contributed by atoms with Crippen LogP contribution in [0.3, 0.4) is 0 Å². The van der Waals surface area contributed by atoms with E-state index in [1.807, 2.05) is 0 Å². The summed E-state index contributed by atoms with van der Waals surface area (Å²) < 4.78 is 28.8. The minimum Gasteiger partial charge on any atom is -0.375 e. The van der Waals surface area contributed by atoms with Crippen molar-refractivity contribution in [1.29, 1.82) is 0 Å². The van der Waals surface area contributed by atoms with Gasteiger partial charge >= 0.3 is 0 Å². The molecule has 18 heavy (non-hydrogen) atoms. The molecule has 4 atom stereocenters. The normalized spacial score (nSPS) is 30.7. The lowest BCUT2D eigenvalue weighted by atomic mass is 9.73. The molecule has 1 rings (SSSR count). The highest BCUT2D eigenvalue weighted by molar-refractivity contribution is 4.82. The zero-order chi connectivity index (χ0) is 13.5. The summed E-state index contributed by atoms with van der Waals surface area (Å²) >= 11 is 0. The van der Waals surface area contributed by atoms with Crippen molar-refractivity contribution in [3.05, 3.63) is 0 Å². The van der Waals surface area contributed by atoms with Gasteiger partial charge in [-0.15, -0.1) is 0 Å². The van der Waals surface area contributed by atoms with Gasteiger partial charge in [-0.3, -0.25) is 11.3 Å². The van der Waals surface area contributed by atoms with E-state index in [0.29, 0.717) is 24.9 Å². The van der Waals surface area contributed by atoms with Crippen LogP contribution >= 0.6 is 0 Å². The summed E-state index contributed by atoms with van der Waals surface area (Å²) in [4.78, 5) is 0.